The smallest absolute Gasteiger partial charge is 0.321 e. The zero-order valence-electron chi connectivity index (χ0n) is 32.3. The Morgan fingerprint density at radius 3 is 2.16 bits per heavy atom. The average Bonchev–Trinajstić information content (AvgIpc) is 3.54. The van der Waals surface area contributed by atoms with Crippen molar-refractivity contribution < 1.29 is 47.8 Å². The number of carboxylic acids is 2. The number of thioether (sulfide) groups is 1. The zero-order chi connectivity index (χ0) is 42.4. The Morgan fingerprint density at radius 1 is 0.877 bits per heavy atom. The zero-order valence-corrected chi connectivity index (χ0v) is 33.1. The van der Waals surface area contributed by atoms with Gasteiger partial charge in [-0.3, -0.25) is 28.8 Å². The first-order valence-corrected chi connectivity index (χ1v) is 19.2. The van der Waals surface area contributed by atoms with Gasteiger partial charge in [0.05, 0.1) is 18.6 Å². The standard InChI is InChI=1S/C39H51F2N7O8S/c1-23(49)48(15-12-29(42)36(52)45-14-13-44-34(51)19-46-33(50)18-32(38(55)56)57-22-30(43)37(53)54)35(39(2,3)4)31-16-25(27-17-26(40)10-11-28(27)41)21-47(31)20-24-8-6-5-7-9-24/h5-11,16-17,21,29-30,32,35H,12-15,18-20,22,42-43H2,1-4H3,(H,44,51)(H,45,52)(H,46,50)(H,53,54)(H,55,56)/t29-,30-,32?,35-/m0/s1. The molecule has 9 N–H and O–H groups in total. The normalized spacial score (nSPS) is 13.5. The van der Waals surface area contributed by atoms with Gasteiger partial charge in [0, 0.05) is 68.3 Å². The van der Waals surface area contributed by atoms with E-state index in [1.807, 2.05) is 55.7 Å². The number of nitrogens with one attached hydrogen (secondary N) is 3. The van der Waals surface area contributed by atoms with Gasteiger partial charge in [-0.05, 0) is 41.7 Å². The third-order valence-corrected chi connectivity index (χ3v) is 10.2. The van der Waals surface area contributed by atoms with Crippen LogP contribution in [0.4, 0.5) is 8.78 Å². The van der Waals surface area contributed by atoms with Crippen LogP contribution in [0.25, 0.3) is 11.1 Å². The molecule has 0 aliphatic heterocycles. The highest BCUT2D eigenvalue weighted by atomic mass is 32.2. The van der Waals surface area contributed by atoms with Crippen molar-refractivity contribution in [2.75, 3.05) is 31.9 Å². The van der Waals surface area contributed by atoms with E-state index in [1.54, 1.807) is 17.2 Å². The monoisotopic (exact) mass is 815 g/mol. The van der Waals surface area contributed by atoms with Gasteiger partial charge in [0.2, 0.25) is 23.6 Å². The molecule has 0 bridgehead atoms. The van der Waals surface area contributed by atoms with Gasteiger partial charge in [0.1, 0.15) is 22.9 Å². The quantitative estimate of drug-likeness (QED) is 0.0771. The predicted molar refractivity (Wildman–Crippen MR) is 211 cm³/mol. The molecule has 4 amide bonds. The Hall–Kier alpha value is -5.33. The summed E-state index contributed by atoms with van der Waals surface area (Å²) in [4.78, 5) is 74.6. The summed E-state index contributed by atoms with van der Waals surface area (Å²) in [6.07, 6.45) is 1.29. The molecule has 4 atom stereocenters. The third kappa shape index (κ3) is 14.3. The first-order valence-electron chi connectivity index (χ1n) is 18.1. The molecule has 3 rings (SSSR count). The van der Waals surface area contributed by atoms with Gasteiger partial charge in [0.15, 0.2) is 0 Å². The molecule has 310 valence electrons. The molecule has 0 saturated heterocycles. The predicted octanol–water partition coefficient (Wildman–Crippen LogP) is 2.47. The van der Waals surface area contributed by atoms with Crippen LogP contribution in [0.1, 0.15) is 57.8 Å². The van der Waals surface area contributed by atoms with E-state index in [4.69, 9.17) is 16.6 Å². The van der Waals surface area contributed by atoms with E-state index in [-0.39, 0.29) is 43.3 Å². The van der Waals surface area contributed by atoms with E-state index in [1.165, 1.54) is 6.92 Å². The maximum atomic E-state index is 15.0. The van der Waals surface area contributed by atoms with Gasteiger partial charge in [-0.1, -0.05) is 51.1 Å². The molecule has 2 aromatic carbocycles. The summed E-state index contributed by atoms with van der Waals surface area (Å²) in [6.45, 7) is 7.23. The van der Waals surface area contributed by atoms with Gasteiger partial charge < -0.3 is 47.1 Å². The number of carbonyl (C=O) groups excluding carboxylic acids is 4. The van der Waals surface area contributed by atoms with E-state index >= 15 is 4.39 Å². The topological polar surface area (TPSA) is 239 Å². The summed E-state index contributed by atoms with van der Waals surface area (Å²) in [7, 11) is 0. The lowest BCUT2D eigenvalue weighted by molar-refractivity contribution is -0.139. The van der Waals surface area contributed by atoms with Gasteiger partial charge in [-0.15, -0.1) is 11.8 Å². The van der Waals surface area contributed by atoms with Crippen molar-refractivity contribution >= 4 is 47.3 Å². The highest BCUT2D eigenvalue weighted by molar-refractivity contribution is 8.00. The van der Waals surface area contributed by atoms with Crippen molar-refractivity contribution in [3.05, 3.63) is 83.7 Å². The molecule has 1 aromatic heterocycles. The maximum absolute atomic E-state index is 15.0. The van der Waals surface area contributed by atoms with Crippen molar-refractivity contribution in [2.24, 2.45) is 16.9 Å². The molecule has 0 fully saturated rings. The van der Waals surface area contributed by atoms with Crippen molar-refractivity contribution in [3.63, 3.8) is 0 Å². The number of benzene rings is 2. The fourth-order valence-corrected chi connectivity index (χ4v) is 6.99. The number of hydrogen-bond acceptors (Lipinski definition) is 9. The van der Waals surface area contributed by atoms with E-state index in [2.05, 4.69) is 16.0 Å². The van der Waals surface area contributed by atoms with Crippen molar-refractivity contribution in [2.45, 2.75) is 70.5 Å². The molecule has 3 aromatic rings. The van der Waals surface area contributed by atoms with Gasteiger partial charge in [-0.2, -0.15) is 0 Å². The summed E-state index contributed by atoms with van der Waals surface area (Å²) >= 11 is 0.700. The molecular formula is C39H51F2N7O8S. The molecular weight excluding hydrogens is 765 g/mol. The molecule has 1 unspecified atom stereocenters. The number of nitrogens with zero attached hydrogens (tertiary/aromatic N) is 2. The van der Waals surface area contributed by atoms with Crippen LogP contribution < -0.4 is 27.4 Å². The van der Waals surface area contributed by atoms with Crippen LogP contribution in [-0.2, 0) is 35.3 Å². The largest absolute Gasteiger partial charge is 0.480 e. The third-order valence-electron chi connectivity index (χ3n) is 8.83. The number of nitrogens with two attached hydrogens (primary N) is 2. The van der Waals surface area contributed by atoms with Gasteiger partial charge >= 0.3 is 11.9 Å². The summed E-state index contributed by atoms with van der Waals surface area (Å²) in [5.74, 6) is -6.25. The van der Waals surface area contributed by atoms with Crippen molar-refractivity contribution in [3.8, 4) is 11.1 Å². The number of aliphatic carboxylic acids is 2. The molecule has 15 nitrogen and oxygen atoms in total. The Balaban J connectivity index is 1.61. The fourth-order valence-electron chi connectivity index (χ4n) is 6.00. The molecule has 0 aliphatic carbocycles. The van der Waals surface area contributed by atoms with E-state index in [0.29, 0.717) is 29.6 Å². The SMILES string of the molecule is CC(=O)N(CC[C@H](N)C(=O)NCCNC(=O)CNC(=O)CC(SC[C@H](N)C(=O)O)C(=O)O)[C@@H](c1cc(-c2cc(F)ccc2F)cn1Cc1ccccc1)C(C)(C)C. The molecule has 0 aliphatic rings. The molecule has 0 radical (unpaired) electrons. The van der Waals surface area contributed by atoms with Crippen LogP contribution in [0.5, 0.6) is 0 Å². The number of aromatic nitrogens is 1. The lowest BCUT2D eigenvalue weighted by atomic mass is 9.82. The van der Waals surface area contributed by atoms with E-state index < -0.39 is 83.1 Å². The van der Waals surface area contributed by atoms with Crippen LogP contribution in [0.3, 0.4) is 0 Å². The lowest BCUT2D eigenvalue weighted by Crippen LogP contribution is -2.47. The fraction of sp³-hybridized carbons (Fsp3) is 0.436. The van der Waals surface area contributed by atoms with Crippen LogP contribution in [-0.4, -0.2) is 105 Å². The minimum Gasteiger partial charge on any atom is -0.480 e. The van der Waals surface area contributed by atoms with E-state index in [0.717, 1.165) is 23.8 Å². The van der Waals surface area contributed by atoms with E-state index in [9.17, 15) is 38.3 Å². The minimum absolute atomic E-state index is 0.0127. The number of hydrogen-bond donors (Lipinski definition) is 7. The molecule has 18 heteroatoms. The highest BCUT2D eigenvalue weighted by Crippen LogP contribution is 2.41. The maximum Gasteiger partial charge on any atom is 0.321 e. The summed E-state index contributed by atoms with van der Waals surface area (Å²) in [6, 6.07) is 11.6. The van der Waals surface area contributed by atoms with Crippen molar-refractivity contribution in [1.29, 1.82) is 0 Å². The van der Waals surface area contributed by atoms with Crippen LogP contribution in [0, 0.1) is 17.0 Å². The number of amides is 4. The Morgan fingerprint density at radius 2 is 1.54 bits per heavy atom. The first-order chi connectivity index (χ1) is 26.8. The molecule has 0 spiro atoms. The lowest BCUT2D eigenvalue weighted by Gasteiger charge is -2.41. The summed E-state index contributed by atoms with van der Waals surface area (Å²) in [5.41, 5.74) is 13.2. The van der Waals surface area contributed by atoms with Crippen LogP contribution in [0.2, 0.25) is 0 Å². The number of rotatable bonds is 21. The Kier molecular flexibility index (Phi) is 17.2. The first kappa shape index (κ1) is 46.1. The summed E-state index contributed by atoms with van der Waals surface area (Å²) in [5, 5.41) is 24.3. The Bertz CT molecular complexity index is 1890. The summed E-state index contributed by atoms with van der Waals surface area (Å²) < 4.78 is 31.2. The molecule has 0 saturated carbocycles. The van der Waals surface area contributed by atoms with Crippen LogP contribution in [0.15, 0.2) is 60.8 Å². The second kappa shape index (κ2) is 21.3. The average molecular weight is 816 g/mol. The van der Waals surface area contributed by atoms with Crippen LogP contribution >= 0.6 is 11.8 Å². The number of halogens is 2. The second-order valence-electron chi connectivity index (χ2n) is 14.5. The highest BCUT2D eigenvalue weighted by Gasteiger charge is 2.36. The van der Waals surface area contributed by atoms with Gasteiger partial charge in [-0.25, -0.2) is 8.78 Å². The second-order valence-corrected chi connectivity index (χ2v) is 15.7. The molecule has 1 heterocycles. The Labute approximate surface area is 333 Å². The minimum atomic E-state index is -1.34. The van der Waals surface area contributed by atoms with Crippen molar-refractivity contribution in [1.82, 2.24) is 25.4 Å². The van der Waals surface area contributed by atoms with Gasteiger partial charge in [0.25, 0.3) is 0 Å². The number of carboxylic acid groups (broad SMARTS) is 2. The number of carbonyl (C=O) groups is 6. The molecule has 57 heavy (non-hydrogen) atoms.